The van der Waals surface area contributed by atoms with Crippen LogP contribution in [0.25, 0.3) is 5.57 Å². The first-order chi connectivity index (χ1) is 25.7. The quantitative estimate of drug-likeness (QED) is 0.103. The van der Waals surface area contributed by atoms with E-state index in [4.69, 9.17) is 9.16 Å². The Bertz CT molecular complexity index is 2080. The number of nitrogens with zero attached hydrogens (tertiary/aromatic N) is 1. The lowest BCUT2D eigenvalue weighted by atomic mass is 9.68. The molecule has 2 aliphatic heterocycles. The fourth-order valence-corrected chi connectivity index (χ4v) is 13.5. The number of imide groups is 1. The van der Waals surface area contributed by atoms with E-state index in [2.05, 4.69) is 83.1 Å². The second kappa shape index (κ2) is 14.4. The summed E-state index contributed by atoms with van der Waals surface area (Å²) in [6, 6.07) is 32.4. The Morgan fingerprint density at radius 2 is 1.41 bits per heavy atom. The van der Waals surface area contributed by atoms with Crippen molar-refractivity contribution in [3.63, 3.8) is 0 Å². The minimum atomic E-state index is -2.93. The number of fused-ring (bicyclic) bond motifs is 1. The first-order valence-corrected chi connectivity index (χ1v) is 20.7. The summed E-state index contributed by atoms with van der Waals surface area (Å²) >= 11 is 0. The van der Waals surface area contributed by atoms with Gasteiger partial charge in [-0.2, -0.15) is 0 Å². The molecule has 2 heterocycles. The standard InChI is InChI=1S/C46H48FNO5Si/c1-30-25-31(21-24-41(30)47)39-26-32(48-43(50)37-19-13-14-20-38(37)44(48)51)29-46(5,6)40(39)23-22-33-27-34(28-42(49)52-33)53-54(45(2,3)4,35-15-9-7-10-16-35)36-17-11-8-12-18-36/h7-25,32-34H,26-29H2,1-6H3/t32?,33-,34-/m0/s1. The molecule has 1 fully saturated rings. The lowest BCUT2D eigenvalue weighted by Gasteiger charge is -2.46. The first kappa shape index (κ1) is 37.4. The number of hydrogen-bond acceptors (Lipinski definition) is 5. The van der Waals surface area contributed by atoms with Gasteiger partial charge in [0.25, 0.3) is 20.1 Å². The average molecular weight is 742 g/mol. The van der Waals surface area contributed by atoms with Gasteiger partial charge >= 0.3 is 5.97 Å². The maximum Gasteiger partial charge on any atom is 0.308 e. The van der Waals surface area contributed by atoms with Crippen LogP contribution >= 0.6 is 0 Å². The van der Waals surface area contributed by atoms with Crippen molar-refractivity contribution in [2.45, 2.75) is 90.5 Å². The zero-order chi connectivity index (χ0) is 38.4. The van der Waals surface area contributed by atoms with Crippen LogP contribution in [0.3, 0.4) is 0 Å². The lowest BCUT2D eigenvalue weighted by molar-refractivity contribution is -0.155. The fourth-order valence-electron chi connectivity index (χ4n) is 8.83. The highest BCUT2D eigenvalue weighted by molar-refractivity contribution is 6.99. The Morgan fingerprint density at radius 3 is 1.96 bits per heavy atom. The molecule has 0 aromatic heterocycles. The molecule has 6 nitrogen and oxygen atoms in total. The maximum absolute atomic E-state index is 14.6. The molecule has 8 heteroatoms. The van der Waals surface area contributed by atoms with Crippen molar-refractivity contribution in [1.82, 2.24) is 4.90 Å². The van der Waals surface area contributed by atoms with E-state index in [1.807, 2.05) is 30.4 Å². The Balaban J connectivity index is 1.24. The Morgan fingerprint density at radius 1 is 0.833 bits per heavy atom. The molecular formula is C46H48FNO5Si. The average Bonchev–Trinajstić information content (AvgIpc) is 3.39. The third-order valence-corrected chi connectivity index (χ3v) is 16.4. The third-order valence-electron chi connectivity index (χ3n) is 11.3. The molecule has 0 bridgehead atoms. The number of carbonyl (C=O) groups is 3. The van der Waals surface area contributed by atoms with E-state index in [1.54, 1.807) is 37.3 Å². The predicted octanol–water partition coefficient (Wildman–Crippen LogP) is 8.58. The molecule has 3 aliphatic rings. The van der Waals surface area contributed by atoms with Crippen LogP contribution in [-0.2, 0) is 14.0 Å². The Labute approximate surface area is 318 Å². The Kier molecular flexibility index (Phi) is 9.96. The number of hydrogen-bond donors (Lipinski definition) is 0. The van der Waals surface area contributed by atoms with Gasteiger partial charge in [-0.3, -0.25) is 19.3 Å². The SMILES string of the molecule is Cc1cc(C2=C(C=C[C@H]3C[C@H](O[Si](c4ccccc4)(c4ccccc4)C(C)(C)C)CC(=O)O3)C(C)(C)CC(N3C(=O)c4ccccc4C3=O)C2)ccc1F. The summed E-state index contributed by atoms with van der Waals surface area (Å²) in [7, 11) is -2.93. The van der Waals surface area contributed by atoms with Crippen LogP contribution in [0.1, 0.15) is 92.1 Å². The van der Waals surface area contributed by atoms with Gasteiger partial charge in [0.05, 0.1) is 23.7 Å². The Hall–Kier alpha value is -4.92. The number of ether oxygens (including phenoxy) is 1. The van der Waals surface area contributed by atoms with Gasteiger partial charge in [-0.15, -0.1) is 0 Å². The molecule has 0 radical (unpaired) electrons. The minimum absolute atomic E-state index is 0.158. The number of amides is 2. The number of allylic oxidation sites excluding steroid dienone is 2. The highest BCUT2D eigenvalue weighted by Crippen LogP contribution is 2.48. The molecule has 0 N–H and O–H groups in total. The maximum atomic E-state index is 14.6. The van der Waals surface area contributed by atoms with Crippen LogP contribution in [0.15, 0.2) is 121 Å². The first-order valence-electron chi connectivity index (χ1n) is 18.8. The summed E-state index contributed by atoms with van der Waals surface area (Å²) in [6.07, 6.45) is 4.66. The number of aryl methyl sites for hydroxylation is 1. The van der Waals surface area contributed by atoms with Crippen molar-refractivity contribution in [3.05, 3.63) is 149 Å². The molecule has 3 atom stereocenters. The van der Waals surface area contributed by atoms with Gasteiger partial charge in [-0.05, 0) is 93.2 Å². The molecule has 4 aromatic rings. The van der Waals surface area contributed by atoms with Crippen molar-refractivity contribution in [3.8, 4) is 0 Å². The molecular weight excluding hydrogens is 694 g/mol. The summed E-state index contributed by atoms with van der Waals surface area (Å²) in [6.45, 7) is 12.6. The number of esters is 1. The molecule has 54 heavy (non-hydrogen) atoms. The van der Waals surface area contributed by atoms with Crippen LogP contribution < -0.4 is 10.4 Å². The van der Waals surface area contributed by atoms with E-state index >= 15 is 0 Å². The molecule has 1 saturated heterocycles. The van der Waals surface area contributed by atoms with E-state index in [0.29, 0.717) is 36.0 Å². The smallest absolute Gasteiger partial charge is 0.308 e. The van der Waals surface area contributed by atoms with E-state index in [1.165, 1.54) is 11.0 Å². The van der Waals surface area contributed by atoms with Gasteiger partial charge in [0.2, 0.25) is 0 Å². The summed E-state index contributed by atoms with van der Waals surface area (Å²) in [5.74, 6) is -1.18. The van der Waals surface area contributed by atoms with Crippen LogP contribution in [-0.4, -0.2) is 49.3 Å². The predicted molar refractivity (Wildman–Crippen MR) is 213 cm³/mol. The zero-order valence-corrected chi connectivity index (χ0v) is 32.9. The van der Waals surface area contributed by atoms with Crippen LogP contribution in [0, 0.1) is 18.2 Å². The number of carbonyl (C=O) groups excluding carboxylic acids is 3. The summed E-state index contributed by atoms with van der Waals surface area (Å²) in [4.78, 5) is 42.0. The van der Waals surface area contributed by atoms with Crippen molar-refractivity contribution < 1.29 is 27.9 Å². The van der Waals surface area contributed by atoms with Crippen molar-refractivity contribution in [1.29, 1.82) is 0 Å². The van der Waals surface area contributed by atoms with Crippen molar-refractivity contribution in [2.75, 3.05) is 0 Å². The van der Waals surface area contributed by atoms with Crippen molar-refractivity contribution in [2.24, 2.45) is 5.41 Å². The highest BCUT2D eigenvalue weighted by Gasteiger charge is 2.52. The molecule has 0 spiro atoms. The summed E-state index contributed by atoms with van der Waals surface area (Å²) in [5.41, 5.74) is 3.59. The van der Waals surface area contributed by atoms with E-state index in [9.17, 15) is 18.8 Å². The minimum Gasteiger partial charge on any atom is -0.458 e. The number of cyclic esters (lactones) is 1. The van der Waals surface area contributed by atoms with Crippen LogP contribution in [0.4, 0.5) is 4.39 Å². The molecule has 4 aromatic carbocycles. The second-order valence-corrected chi connectivity index (χ2v) is 20.8. The molecule has 0 saturated carbocycles. The topological polar surface area (TPSA) is 72.9 Å². The summed E-state index contributed by atoms with van der Waals surface area (Å²) in [5, 5.41) is 2.05. The van der Waals surface area contributed by atoms with Gasteiger partial charge in [0, 0.05) is 12.5 Å². The third kappa shape index (κ3) is 6.82. The second-order valence-electron chi connectivity index (χ2n) is 16.6. The van der Waals surface area contributed by atoms with Crippen LogP contribution in [0.5, 0.6) is 0 Å². The molecule has 1 aliphatic carbocycles. The van der Waals surface area contributed by atoms with Gasteiger partial charge in [0.15, 0.2) is 0 Å². The number of benzene rings is 4. The summed E-state index contributed by atoms with van der Waals surface area (Å²) < 4.78 is 27.9. The molecule has 278 valence electrons. The van der Waals surface area contributed by atoms with Gasteiger partial charge in [-0.25, -0.2) is 4.39 Å². The molecule has 1 unspecified atom stereocenters. The largest absolute Gasteiger partial charge is 0.458 e. The van der Waals surface area contributed by atoms with Gasteiger partial charge < -0.3 is 9.16 Å². The fraction of sp³-hybridized carbons (Fsp3) is 0.326. The van der Waals surface area contributed by atoms with Crippen LogP contribution in [0.2, 0.25) is 5.04 Å². The zero-order valence-electron chi connectivity index (χ0n) is 31.9. The molecule has 7 rings (SSSR count). The van der Waals surface area contributed by atoms with Crippen molar-refractivity contribution >= 4 is 42.0 Å². The van der Waals surface area contributed by atoms with E-state index in [-0.39, 0.29) is 41.2 Å². The normalized spacial score (nSPS) is 21.8. The monoisotopic (exact) mass is 741 g/mol. The van der Waals surface area contributed by atoms with E-state index < -0.39 is 25.9 Å². The van der Waals surface area contributed by atoms with Gasteiger partial charge in [-0.1, -0.05) is 120 Å². The number of halogens is 1. The lowest BCUT2D eigenvalue weighted by Crippen LogP contribution is -2.68. The molecule has 2 amide bonds. The van der Waals surface area contributed by atoms with Gasteiger partial charge in [0.1, 0.15) is 11.9 Å². The highest BCUT2D eigenvalue weighted by atomic mass is 28.4. The number of rotatable bonds is 8. The van der Waals surface area contributed by atoms with E-state index in [0.717, 1.165) is 27.1 Å².